The number of hydrogen-bond donors (Lipinski definition) is 2. The van der Waals surface area contributed by atoms with E-state index in [9.17, 15) is 0 Å². The molecule has 0 aliphatic carbocycles. The van der Waals surface area contributed by atoms with Gasteiger partial charge in [0.25, 0.3) is 0 Å². The van der Waals surface area contributed by atoms with Gasteiger partial charge in [-0.2, -0.15) is 0 Å². The molecule has 0 aliphatic rings. The Morgan fingerprint density at radius 3 is 2.43 bits per heavy atom. The van der Waals surface area contributed by atoms with E-state index in [0.29, 0.717) is 5.82 Å². The van der Waals surface area contributed by atoms with Crippen molar-refractivity contribution in [1.82, 2.24) is 14.5 Å². The van der Waals surface area contributed by atoms with Crippen molar-refractivity contribution < 1.29 is 0 Å². The molecule has 136 valence electrons. The number of hydrogen-bond acceptors (Lipinski definition) is 2. The summed E-state index contributed by atoms with van der Waals surface area (Å²) in [7, 11) is 0. The Hall–Kier alpha value is -3.31. The SMILES string of the molecule is Nc1c(-c2nc3ccccc3[nH]2)cc(-c2ccccc2)n1-c1cccc(Br)c1. The molecule has 28 heavy (non-hydrogen) atoms. The molecule has 3 N–H and O–H groups in total. The van der Waals surface area contributed by atoms with Gasteiger partial charge in [-0.1, -0.05) is 64.5 Å². The molecule has 0 spiro atoms. The fourth-order valence-corrected chi connectivity index (χ4v) is 3.90. The Morgan fingerprint density at radius 2 is 1.64 bits per heavy atom. The van der Waals surface area contributed by atoms with Crippen molar-refractivity contribution in [3.63, 3.8) is 0 Å². The highest BCUT2D eigenvalue weighted by Crippen LogP contribution is 2.37. The number of nitrogens with one attached hydrogen (secondary N) is 1. The zero-order valence-corrected chi connectivity index (χ0v) is 16.5. The lowest BCUT2D eigenvalue weighted by molar-refractivity contribution is 1.10. The van der Waals surface area contributed by atoms with E-state index in [1.807, 2.05) is 54.6 Å². The lowest BCUT2D eigenvalue weighted by Gasteiger charge is -2.12. The Balaban J connectivity index is 1.77. The number of anilines is 1. The van der Waals surface area contributed by atoms with E-state index < -0.39 is 0 Å². The topological polar surface area (TPSA) is 59.6 Å². The van der Waals surface area contributed by atoms with Crippen molar-refractivity contribution in [2.75, 3.05) is 5.73 Å². The van der Waals surface area contributed by atoms with E-state index in [1.165, 1.54) is 0 Å². The van der Waals surface area contributed by atoms with Crippen LogP contribution in [0.15, 0.2) is 89.4 Å². The summed E-state index contributed by atoms with van der Waals surface area (Å²) in [6, 6.07) is 28.5. The van der Waals surface area contributed by atoms with E-state index in [4.69, 9.17) is 10.7 Å². The summed E-state index contributed by atoms with van der Waals surface area (Å²) in [6.45, 7) is 0. The molecule has 0 aliphatic heterocycles. The number of imidazole rings is 1. The third-order valence-corrected chi connectivity index (χ3v) is 5.31. The number of aromatic amines is 1. The summed E-state index contributed by atoms with van der Waals surface area (Å²) < 4.78 is 3.07. The first kappa shape index (κ1) is 16.8. The second-order valence-electron chi connectivity index (χ2n) is 6.61. The van der Waals surface area contributed by atoms with Crippen LogP contribution in [-0.4, -0.2) is 14.5 Å². The quantitative estimate of drug-likeness (QED) is 0.368. The van der Waals surface area contributed by atoms with Crippen molar-refractivity contribution in [2.24, 2.45) is 0 Å². The van der Waals surface area contributed by atoms with E-state index in [2.05, 4.69) is 55.8 Å². The number of aromatic nitrogens is 3. The molecule has 2 aromatic heterocycles. The van der Waals surface area contributed by atoms with Crippen LogP contribution in [-0.2, 0) is 0 Å². The van der Waals surface area contributed by atoms with Crippen molar-refractivity contribution in [2.45, 2.75) is 0 Å². The maximum absolute atomic E-state index is 6.67. The van der Waals surface area contributed by atoms with Crippen LogP contribution in [0.1, 0.15) is 0 Å². The number of nitrogens with two attached hydrogens (primary N) is 1. The largest absolute Gasteiger partial charge is 0.384 e. The molecule has 0 saturated carbocycles. The highest BCUT2D eigenvalue weighted by molar-refractivity contribution is 9.10. The normalized spacial score (nSPS) is 11.2. The smallest absolute Gasteiger partial charge is 0.142 e. The fraction of sp³-hybridized carbons (Fsp3) is 0. The summed E-state index contributed by atoms with van der Waals surface area (Å²) in [4.78, 5) is 8.14. The highest BCUT2D eigenvalue weighted by atomic mass is 79.9. The number of para-hydroxylation sites is 2. The van der Waals surface area contributed by atoms with Crippen molar-refractivity contribution in [3.05, 3.63) is 89.4 Å². The van der Waals surface area contributed by atoms with Crippen LogP contribution in [0, 0.1) is 0 Å². The number of nitrogen functional groups attached to an aromatic ring is 1. The molecule has 3 aromatic carbocycles. The van der Waals surface area contributed by atoms with Gasteiger partial charge in [0.15, 0.2) is 0 Å². The average molecular weight is 429 g/mol. The van der Waals surface area contributed by atoms with Gasteiger partial charge in [0.05, 0.1) is 22.3 Å². The van der Waals surface area contributed by atoms with Gasteiger partial charge in [-0.05, 0) is 42.0 Å². The summed E-state index contributed by atoms with van der Waals surface area (Å²) in [5.74, 6) is 1.42. The minimum absolute atomic E-state index is 0.649. The van der Waals surface area contributed by atoms with Crippen LogP contribution < -0.4 is 5.73 Å². The fourth-order valence-electron chi connectivity index (χ4n) is 3.51. The molecule has 5 rings (SSSR count). The Morgan fingerprint density at radius 1 is 0.857 bits per heavy atom. The molecule has 0 saturated heterocycles. The van der Waals surface area contributed by atoms with Crippen LogP contribution >= 0.6 is 15.9 Å². The van der Waals surface area contributed by atoms with Gasteiger partial charge in [0.2, 0.25) is 0 Å². The monoisotopic (exact) mass is 428 g/mol. The summed E-state index contributed by atoms with van der Waals surface area (Å²) >= 11 is 3.57. The molecule has 0 radical (unpaired) electrons. The van der Waals surface area contributed by atoms with Crippen LogP contribution in [0.2, 0.25) is 0 Å². The zero-order valence-electron chi connectivity index (χ0n) is 14.9. The first-order valence-corrected chi connectivity index (χ1v) is 9.78. The molecule has 2 heterocycles. The number of fused-ring (bicyclic) bond motifs is 1. The van der Waals surface area contributed by atoms with Crippen molar-refractivity contribution >= 4 is 32.8 Å². The number of H-pyrrole nitrogens is 1. The Bertz CT molecular complexity index is 1250. The number of rotatable bonds is 3. The minimum Gasteiger partial charge on any atom is -0.384 e. The van der Waals surface area contributed by atoms with Crippen LogP contribution in [0.25, 0.3) is 39.4 Å². The molecule has 0 unspecified atom stereocenters. The predicted molar refractivity (Wildman–Crippen MR) is 118 cm³/mol. The first-order valence-electron chi connectivity index (χ1n) is 8.98. The molecule has 0 fully saturated rings. The Labute approximate surface area is 170 Å². The molecular weight excluding hydrogens is 412 g/mol. The predicted octanol–water partition coefficient (Wildman–Crippen LogP) is 6.03. The lowest BCUT2D eigenvalue weighted by atomic mass is 10.1. The molecular formula is C23H17BrN4. The molecule has 5 heteroatoms. The Kier molecular flexibility index (Phi) is 4.02. The van der Waals surface area contributed by atoms with Crippen molar-refractivity contribution in [3.8, 4) is 28.3 Å². The molecule has 0 bridgehead atoms. The summed E-state index contributed by atoms with van der Waals surface area (Å²) in [5.41, 5.74) is 12.6. The van der Waals surface area contributed by atoms with Crippen LogP contribution in [0.5, 0.6) is 0 Å². The maximum atomic E-state index is 6.67. The van der Waals surface area contributed by atoms with Gasteiger partial charge >= 0.3 is 0 Å². The van der Waals surface area contributed by atoms with Crippen molar-refractivity contribution in [1.29, 1.82) is 0 Å². The van der Waals surface area contributed by atoms with Crippen LogP contribution in [0.3, 0.4) is 0 Å². The van der Waals surface area contributed by atoms with E-state index in [0.717, 1.165) is 43.8 Å². The third kappa shape index (κ3) is 2.80. The molecule has 4 nitrogen and oxygen atoms in total. The number of benzene rings is 3. The zero-order chi connectivity index (χ0) is 19.1. The van der Waals surface area contributed by atoms with E-state index >= 15 is 0 Å². The molecule has 0 amide bonds. The first-order chi connectivity index (χ1) is 13.7. The van der Waals surface area contributed by atoms with E-state index in [-0.39, 0.29) is 0 Å². The number of halogens is 1. The molecule has 5 aromatic rings. The van der Waals surface area contributed by atoms with Gasteiger partial charge in [-0.3, -0.25) is 4.57 Å². The van der Waals surface area contributed by atoms with Crippen LogP contribution in [0.4, 0.5) is 5.82 Å². The van der Waals surface area contributed by atoms with Gasteiger partial charge in [0, 0.05) is 10.2 Å². The van der Waals surface area contributed by atoms with Gasteiger partial charge in [-0.15, -0.1) is 0 Å². The van der Waals surface area contributed by atoms with Gasteiger partial charge < -0.3 is 10.7 Å². The second kappa shape index (κ2) is 6.69. The van der Waals surface area contributed by atoms with Gasteiger partial charge in [0.1, 0.15) is 11.6 Å². The number of nitrogens with zero attached hydrogens (tertiary/aromatic N) is 2. The summed E-state index contributed by atoms with van der Waals surface area (Å²) in [6.07, 6.45) is 0. The van der Waals surface area contributed by atoms with Gasteiger partial charge in [-0.25, -0.2) is 4.98 Å². The molecule has 0 atom stereocenters. The highest BCUT2D eigenvalue weighted by Gasteiger charge is 2.19. The van der Waals surface area contributed by atoms with E-state index in [1.54, 1.807) is 0 Å². The lowest BCUT2D eigenvalue weighted by Crippen LogP contribution is -2.02. The standard InChI is InChI=1S/C23H17BrN4/c24-16-9-6-10-17(13-16)28-21(15-7-2-1-3-8-15)14-18(22(28)25)23-26-19-11-4-5-12-20(19)27-23/h1-14H,25H2,(H,26,27). The second-order valence-corrected chi connectivity index (χ2v) is 7.53. The summed E-state index contributed by atoms with van der Waals surface area (Å²) in [5, 5.41) is 0. The minimum atomic E-state index is 0.649. The average Bonchev–Trinajstić information content (AvgIpc) is 3.29. The third-order valence-electron chi connectivity index (χ3n) is 4.82. The maximum Gasteiger partial charge on any atom is 0.142 e.